The molecule has 0 saturated carbocycles. The Kier molecular flexibility index (Phi) is 3.15. The number of aromatic nitrogens is 5. The molecule has 0 radical (unpaired) electrons. The maximum absolute atomic E-state index is 13.5. The van der Waals surface area contributed by atoms with Crippen LogP contribution in [-0.2, 0) is 0 Å². The molecule has 0 fully saturated rings. The Hall–Kier alpha value is -2.34. The molecule has 0 atom stereocenters. The summed E-state index contributed by atoms with van der Waals surface area (Å²) in [6.07, 6.45) is 4.84. The van der Waals surface area contributed by atoms with Crippen molar-refractivity contribution in [1.82, 2.24) is 24.5 Å². The van der Waals surface area contributed by atoms with Gasteiger partial charge in [-0.3, -0.25) is 4.57 Å². The van der Waals surface area contributed by atoms with Crippen LogP contribution in [0.1, 0.15) is 5.56 Å². The van der Waals surface area contributed by atoms with E-state index in [4.69, 9.17) is 11.6 Å². The summed E-state index contributed by atoms with van der Waals surface area (Å²) >= 11 is 5.91. The van der Waals surface area contributed by atoms with Gasteiger partial charge in [-0.2, -0.15) is 15.0 Å². The van der Waals surface area contributed by atoms with Crippen LogP contribution in [0.5, 0.6) is 0 Å². The van der Waals surface area contributed by atoms with Gasteiger partial charge in [0, 0.05) is 18.0 Å². The monoisotopic (exact) mass is 289 g/mol. The largest absolute Gasteiger partial charge is 0.274 e. The van der Waals surface area contributed by atoms with Gasteiger partial charge in [0.1, 0.15) is 12.1 Å². The van der Waals surface area contributed by atoms with Crippen LogP contribution in [-0.4, -0.2) is 24.5 Å². The molecule has 0 aliphatic carbocycles. The number of hydrogen-bond donors (Lipinski definition) is 0. The van der Waals surface area contributed by atoms with Crippen molar-refractivity contribution in [2.24, 2.45) is 0 Å². The van der Waals surface area contributed by atoms with Crippen LogP contribution < -0.4 is 0 Å². The Morgan fingerprint density at radius 1 is 1.15 bits per heavy atom. The maximum atomic E-state index is 13.5. The first kappa shape index (κ1) is 12.7. The fourth-order valence-electron chi connectivity index (χ4n) is 1.83. The third-order valence-corrected chi connectivity index (χ3v) is 2.80. The molecule has 0 bridgehead atoms. The van der Waals surface area contributed by atoms with E-state index in [1.807, 2.05) is 0 Å². The van der Waals surface area contributed by atoms with Gasteiger partial charge in [0.25, 0.3) is 0 Å². The minimum atomic E-state index is -0.347. The van der Waals surface area contributed by atoms with E-state index in [1.54, 1.807) is 36.3 Å². The lowest BCUT2D eigenvalue weighted by molar-refractivity contribution is 0.627. The molecule has 7 heteroatoms. The molecular weight excluding hydrogens is 281 g/mol. The molecule has 20 heavy (non-hydrogen) atoms. The van der Waals surface area contributed by atoms with E-state index in [0.717, 1.165) is 5.56 Å². The SMILES string of the molecule is Cc1cc(F)cc(-c2nc(Cl)nc(-n3ccnc3)n2)c1. The Bertz CT molecular complexity index is 737. The Balaban J connectivity index is 2.14. The van der Waals surface area contributed by atoms with Crippen LogP contribution in [0.2, 0.25) is 5.28 Å². The van der Waals surface area contributed by atoms with E-state index in [-0.39, 0.29) is 11.1 Å². The van der Waals surface area contributed by atoms with E-state index in [0.29, 0.717) is 17.3 Å². The molecule has 0 saturated heterocycles. The van der Waals surface area contributed by atoms with Gasteiger partial charge in [-0.15, -0.1) is 0 Å². The highest BCUT2D eigenvalue weighted by Gasteiger charge is 2.10. The van der Waals surface area contributed by atoms with E-state index < -0.39 is 0 Å². The van der Waals surface area contributed by atoms with Gasteiger partial charge in [0.2, 0.25) is 11.2 Å². The van der Waals surface area contributed by atoms with Crippen molar-refractivity contribution >= 4 is 11.6 Å². The number of halogens is 2. The van der Waals surface area contributed by atoms with Gasteiger partial charge in [0.05, 0.1) is 0 Å². The molecule has 1 aromatic carbocycles. The second-order valence-electron chi connectivity index (χ2n) is 4.22. The lowest BCUT2D eigenvalue weighted by atomic mass is 10.1. The van der Waals surface area contributed by atoms with Crippen molar-refractivity contribution in [1.29, 1.82) is 0 Å². The zero-order valence-corrected chi connectivity index (χ0v) is 11.2. The average molecular weight is 290 g/mol. The van der Waals surface area contributed by atoms with E-state index in [2.05, 4.69) is 19.9 Å². The number of benzene rings is 1. The van der Waals surface area contributed by atoms with Gasteiger partial charge in [-0.05, 0) is 42.3 Å². The maximum Gasteiger partial charge on any atom is 0.239 e. The Morgan fingerprint density at radius 2 is 2.00 bits per heavy atom. The van der Waals surface area contributed by atoms with Crippen molar-refractivity contribution < 1.29 is 4.39 Å². The Labute approximate surface area is 119 Å². The number of nitrogens with zero attached hydrogens (tertiary/aromatic N) is 5. The number of aryl methyl sites for hydroxylation is 1. The molecule has 0 N–H and O–H groups in total. The fourth-order valence-corrected chi connectivity index (χ4v) is 1.98. The average Bonchev–Trinajstić information content (AvgIpc) is 2.90. The van der Waals surface area contributed by atoms with Crippen LogP contribution in [0.4, 0.5) is 4.39 Å². The zero-order valence-electron chi connectivity index (χ0n) is 10.5. The molecule has 0 unspecified atom stereocenters. The van der Waals surface area contributed by atoms with Gasteiger partial charge in [-0.1, -0.05) is 0 Å². The van der Waals surface area contributed by atoms with Crippen LogP contribution >= 0.6 is 11.6 Å². The molecule has 0 aliphatic heterocycles. The molecule has 0 aliphatic rings. The summed E-state index contributed by atoms with van der Waals surface area (Å²) in [7, 11) is 0. The first-order valence-electron chi connectivity index (χ1n) is 5.79. The molecular formula is C13H9ClFN5. The highest BCUT2D eigenvalue weighted by molar-refractivity contribution is 6.28. The lowest BCUT2D eigenvalue weighted by Crippen LogP contribution is -2.03. The summed E-state index contributed by atoms with van der Waals surface area (Å²) in [5, 5.41) is 0.0422. The summed E-state index contributed by atoms with van der Waals surface area (Å²) < 4.78 is 15.1. The van der Waals surface area contributed by atoms with Gasteiger partial charge >= 0.3 is 0 Å². The second-order valence-corrected chi connectivity index (χ2v) is 4.55. The number of hydrogen-bond acceptors (Lipinski definition) is 4. The Morgan fingerprint density at radius 3 is 2.70 bits per heavy atom. The third-order valence-electron chi connectivity index (χ3n) is 2.63. The molecule has 2 aromatic heterocycles. The first-order chi connectivity index (χ1) is 9.61. The minimum Gasteiger partial charge on any atom is -0.274 e. The first-order valence-corrected chi connectivity index (χ1v) is 6.17. The molecule has 100 valence electrons. The van der Waals surface area contributed by atoms with Gasteiger partial charge < -0.3 is 0 Å². The fraction of sp³-hybridized carbons (Fsp3) is 0.0769. The summed E-state index contributed by atoms with van der Waals surface area (Å²) in [4.78, 5) is 16.3. The predicted octanol–water partition coefficient (Wildman–Crippen LogP) is 2.83. The summed E-state index contributed by atoms with van der Waals surface area (Å²) in [5.74, 6) is 0.302. The van der Waals surface area contributed by atoms with Crippen LogP contribution in [0.15, 0.2) is 36.9 Å². The molecule has 5 nitrogen and oxygen atoms in total. The quantitative estimate of drug-likeness (QED) is 0.728. The van der Waals surface area contributed by atoms with Crippen molar-refractivity contribution in [3.63, 3.8) is 0 Å². The zero-order chi connectivity index (χ0) is 14.1. The van der Waals surface area contributed by atoms with Crippen LogP contribution in [0.3, 0.4) is 0 Å². The molecule has 3 aromatic rings. The number of rotatable bonds is 2. The standard InChI is InChI=1S/C13H9ClFN5/c1-8-4-9(6-10(15)5-8)11-17-12(14)19-13(18-11)20-3-2-16-7-20/h2-7H,1H3. The summed E-state index contributed by atoms with van der Waals surface area (Å²) in [6.45, 7) is 1.80. The van der Waals surface area contributed by atoms with Crippen molar-refractivity contribution in [3.05, 3.63) is 53.6 Å². The van der Waals surface area contributed by atoms with E-state index in [1.165, 1.54) is 12.1 Å². The predicted molar refractivity (Wildman–Crippen MR) is 72.1 cm³/mol. The van der Waals surface area contributed by atoms with Crippen molar-refractivity contribution in [2.45, 2.75) is 6.92 Å². The van der Waals surface area contributed by atoms with Gasteiger partial charge in [-0.25, -0.2) is 9.37 Å². The third kappa shape index (κ3) is 2.50. The van der Waals surface area contributed by atoms with Crippen molar-refractivity contribution in [3.8, 4) is 17.3 Å². The van der Waals surface area contributed by atoms with E-state index in [9.17, 15) is 4.39 Å². The summed E-state index contributed by atoms with van der Waals surface area (Å²) in [5.41, 5.74) is 1.33. The van der Waals surface area contributed by atoms with Crippen molar-refractivity contribution in [2.75, 3.05) is 0 Å². The number of imidazole rings is 1. The smallest absolute Gasteiger partial charge is 0.239 e. The molecule has 2 heterocycles. The van der Waals surface area contributed by atoms with Crippen LogP contribution in [0.25, 0.3) is 17.3 Å². The second kappa shape index (κ2) is 4.97. The molecule has 0 spiro atoms. The van der Waals surface area contributed by atoms with E-state index >= 15 is 0 Å². The minimum absolute atomic E-state index is 0.0422. The highest BCUT2D eigenvalue weighted by atomic mass is 35.5. The normalized spacial score (nSPS) is 10.8. The topological polar surface area (TPSA) is 56.5 Å². The summed E-state index contributed by atoms with van der Waals surface area (Å²) in [6, 6.07) is 4.58. The molecule has 3 rings (SSSR count). The lowest BCUT2D eigenvalue weighted by Gasteiger charge is -2.05. The highest BCUT2D eigenvalue weighted by Crippen LogP contribution is 2.20. The van der Waals surface area contributed by atoms with Gasteiger partial charge in [0.15, 0.2) is 5.82 Å². The van der Waals surface area contributed by atoms with Crippen LogP contribution in [0, 0.1) is 12.7 Å². The molecule has 0 amide bonds.